The van der Waals surface area contributed by atoms with E-state index in [1.807, 2.05) is 0 Å². The van der Waals surface area contributed by atoms with E-state index in [9.17, 15) is 4.79 Å². The number of hydrogen-bond donors (Lipinski definition) is 1. The smallest absolute Gasteiger partial charge is 0.305 e. The van der Waals surface area contributed by atoms with Gasteiger partial charge >= 0.3 is 5.97 Å². The minimum absolute atomic E-state index is 0.106. The maximum absolute atomic E-state index is 11.0. The number of hydrogen-bond acceptors (Lipinski definition) is 3. The predicted octanol–water partition coefficient (Wildman–Crippen LogP) is 1.99. The lowest BCUT2D eigenvalue weighted by Crippen LogP contribution is -2.39. The van der Waals surface area contributed by atoms with Crippen molar-refractivity contribution in [1.82, 2.24) is 0 Å². The van der Waals surface area contributed by atoms with E-state index in [1.165, 1.54) is 32.8 Å². The van der Waals surface area contributed by atoms with Crippen molar-refractivity contribution in [3.63, 3.8) is 0 Å². The molecule has 0 saturated heterocycles. The van der Waals surface area contributed by atoms with Gasteiger partial charge in [0.1, 0.15) is 0 Å². The lowest BCUT2D eigenvalue weighted by Gasteiger charge is -2.27. The maximum Gasteiger partial charge on any atom is 0.305 e. The topological polar surface area (TPSA) is 52.3 Å². The Balaban J connectivity index is 2.35. The van der Waals surface area contributed by atoms with Gasteiger partial charge in [-0.15, -0.1) is 0 Å². The molecule has 0 radical (unpaired) electrons. The van der Waals surface area contributed by atoms with Crippen molar-refractivity contribution in [2.45, 2.75) is 56.9 Å². The van der Waals surface area contributed by atoms with Crippen LogP contribution in [0.15, 0.2) is 0 Å². The highest BCUT2D eigenvalue weighted by molar-refractivity contribution is 5.69. The number of methoxy groups -OCH3 is 1. The molecule has 0 bridgehead atoms. The van der Waals surface area contributed by atoms with Gasteiger partial charge in [0.25, 0.3) is 0 Å². The highest BCUT2D eigenvalue weighted by Crippen LogP contribution is 2.28. The molecule has 1 saturated carbocycles. The number of rotatable bonds is 3. The molecule has 1 aliphatic carbocycles. The van der Waals surface area contributed by atoms with Crippen LogP contribution in [0.2, 0.25) is 0 Å². The van der Waals surface area contributed by atoms with Gasteiger partial charge in [0.15, 0.2) is 0 Å². The van der Waals surface area contributed by atoms with Gasteiger partial charge in [-0.25, -0.2) is 0 Å². The van der Waals surface area contributed by atoms with Gasteiger partial charge < -0.3 is 10.5 Å². The van der Waals surface area contributed by atoms with Crippen LogP contribution in [0.25, 0.3) is 0 Å². The van der Waals surface area contributed by atoms with Crippen LogP contribution >= 0.6 is 0 Å². The van der Waals surface area contributed by atoms with Crippen molar-refractivity contribution >= 4 is 5.97 Å². The van der Waals surface area contributed by atoms with Crippen molar-refractivity contribution in [2.24, 2.45) is 5.73 Å². The minimum Gasteiger partial charge on any atom is -0.469 e. The lowest BCUT2D eigenvalue weighted by atomic mass is 9.87. The molecule has 82 valence electrons. The Bertz CT molecular complexity index is 184. The quantitative estimate of drug-likeness (QED) is 0.558. The standard InChI is InChI=1S/C11H21NO2/c1-14-10(13)6-9-11(12)7-4-2-3-5-8-11/h2-9,12H2,1H3. The van der Waals surface area contributed by atoms with E-state index in [1.54, 1.807) is 0 Å². The number of ether oxygens (including phenoxy) is 1. The summed E-state index contributed by atoms with van der Waals surface area (Å²) in [6, 6.07) is 0. The molecule has 0 heterocycles. The van der Waals surface area contributed by atoms with E-state index in [0.29, 0.717) is 6.42 Å². The monoisotopic (exact) mass is 199 g/mol. The van der Waals surface area contributed by atoms with Gasteiger partial charge in [-0.3, -0.25) is 4.79 Å². The van der Waals surface area contributed by atoms with Gasteiger partial charge in [0.2, 0.25) is 0 Å². The molecule has 0 spiro atoms. The average Bonchev–Trinajstić information content (AvgIpc) is 2.40. The first kappa shape index (κ1) is 11.5. The first-order valence-corrected chi connectivity index (χ1v) is 5.52. The molecule has 1 rings (SSSR count). The Hall–Kier alpha value is -0.570. The van der Waals surface area contributed by atoms with Crippen molar-refractivity contribution in [3.8, 4) is 0 Å². The molecule has 0 aromatic carbocycles. The molecule has 0 amide bonds. The molecule has 0 aromatic heterocycles. The molecule has 14 heavy (non-hydrogen) atoms. The highest BCUT2D eigenvalue weighted by atomic mass is 16.5. The Morgan fingerprint density at radius 3 is 2.36 bits per heavy atom. The second kappa shape index (κ2) is 5.35. The fraction of sp³-hybridized carbons (Fsp3) is 0.909. The molecule has 0 aromatic rings. The Morgan fingerprint density at radius 1 is 1.29 bits per heavy atom. The molecule has 1 aliphatic rings. The summed E-state index contributed by atoms with van der Waals surface area (Å²) in [6.45, 7) is 0. The first-order chi connectivity index (χ1) is 6.66. The number of carbonyl (C=O) groups is 1. The summed E-state index contributed by atoms with van der Waals surface area (Å²) < 4.78 is 4.62. The molecule has 0 atom stereocenters. The van der Waals surface area contributed by atoms with Crippen LogP contribution < -0.4 is 5.73 Å². The highest BCUT2D eigenvalue weighted by Gasteiger charge is 2.26. The summed E-state index contributed by atoms with van der Waals surface area (Å²) in [6.07, 6.45) is 8.35. The SMILES string of the molecule is COC(=O)CCC1(N)CCCCCC1. The van der Waals surface area contributed by atoms with E-state index >= 15 is 0 Å². The maximum atomic E-state index is 11.0. The normalized spacial score (nSPS) is 21.3. The number of carbonyl (C=O) groups excluding carboxylic acids is 1. The number of esters is 1. The van der Waals surface area contributed by atoms with E-state index in [4.69, 9.17) is 5.73 Å². The zero-order chi connectivity index (χ0) is 10.4. The van der Waals surface area contributed by atoms with Gasteiger partial charge in [-0.2, -0.15) is 0 Å². The Labute approximate surface area is 86.0 Å². The fourth-order valence-corrected chi connectivity index (χ4v) is 2.14. The van der Waals surface area contributed by atoms with E-state index in [2.05, 4.69) is 4.74 Å². The third-order valence-electron chi connectivity index (χ3n) is 3.15. The third-order valence-corrected chi connectivity index (χ3v) is 3.15. The second-order valence-electron chi connectivity index (χ2n) is 4.35. The molecule has 0 unspecified atom stereocenters. The van der Waals surface area contributed by atoms with Crippen molar-refractivity contribution < 1.29 is 9.53 Å². The van der Waals surface area contributed by atoms with E-state index in [0.717, 1.165) is 19.3 Å². The number of nitrogens with two attached hydrogens (primary N) is 1. The van der Waals surface area contributed by atoms with Crippen LogP contribution in [0.4, 0.5) is 0 Å². The summed E-state index contributed by atoms with van der Waals surface area (Å²) in [7, 11) is 1.43. The fourth-order valence-electron chi connectivity index (χ4n) is 2.14. The van der Waals surface area contributed by atoms with Crippen LogP contribution in [0.3, 0.4) is 0 Å². The summed E-state index contributed by atoms with van der Waals surface area (Å²) >= 11 is 0. The van der Waals surface area contributed by atoms with Crippen LogP contribution in [0.1, 0.15) is 51.4 Å². The zero-order valence-corrected chi connectivity index (χ0v) is 9.05. The summed E-state index contributed by atoms with van der Waals surface area (Å²) in [5.74, 6) is -0.140. The Kier molecular flexibility index (Phi) is 4.39. The lowest BCUT2D eigenvalue weighted by molar-refractivity contribution is -0.141. The van der Waals surface area contributed by atoms with Gasteiger partial charge in [-0.1, -0.05) is 25.7 Å². The average molecular weight is 199 g/mol. The zero-order valence-electron chi connectivity index (χ0n) is 9.05. The minimum atomic E-state index is -0.140. The summed E-state index contributed by atoms with van der Waals surface area (Å²) in [4.78, 5) is 11.0. The second-order valence-corrected chi connectivity index (χ2v) is 4.35. The van der Waals surface area contributed by atoms with Crippen LogP contribution in [-0.4, -0.2) is 18.6 Å². The summed E-state index contributed by atoms with van der Waals surface area (Å²) in [5, 5.41) is 0. The first-order valence-electron chi connectivity index (χ1n) is 5.52. The predicted molar refractivity (Wildman–Crippen MR) is 55.9 cm³/mol. The van der Waals surface area contributed by atoms with E-state index < -0.39 is 0 Å². The Morgan fingerprint density at radius 2 is 1.86 bits per heavy atom. The van der Waals surface area contributed by atoms with E-state index in [-0.39, 0.29) is 11.5 Å². The van der Waals surface area contributed by atoms with Crippen molar-refractivity contribution in [2.75, 3.05) is 7.11 Å². The molecule has 0 aliphatic heterocycles. The molecular weight excluding hydrogens is 178 g/mol. The van der Waals surface area contributed by atoms with Crippen LogP contribution in [0.5, 0.6) is 0 Å². The van der Waals surface area contributed by atoms with Crippen molar-refractivity contribution in [3.05, 3.63) is 0 Å². The molecule has 2 N–H and O–H groups in total. The molecule has 3 nitrogen and oxygen atoms in total. The van der Waals surface area contributed by atoms with Gasteiger partial charge in [-0.05, 0) is 19.3 Å². The summed E-state index contributed by atoms with van der Waals surface area (Å²) in [5.41, 5.74) is 6.15. The van der Waals surface area contributed by atoms with Crippen LogP contribution in [0, 0.1) is 0 Å². The van der Waals surface area contributed by atoms with Crippen molar-refractivity contribution in [1.29, 1.82) is 0 Å². The van der Waals surface area contributed by atoms with Gasteiger partial charge in [0, 0.05) is 12.0 Å². The molecule has 3 heteroatoms. The largest absolute Gasteiger partial charge is 0.469 e. The molecular formula is C11H21NO2. The molecule has 1 fully saturated rings. The van der Waals surface area contributed by atoms with Gasteiger partial charge in [0.05, 0.1) is 7.11 Å². The van der Waals surface area contributed by atoms with Crippen LogP contribution in [-0.2, 0) is 9.53 Å². The third kappa shape index (κ3) is 3.66.